The Kier molecular flexibility index (Phi) is 4.02. The molecule has 0 bridgehead atoms. The van der Waals surface area contributed by atoms with Gasteiger partial charge in [-0.15, -0.1) is 0 Å². The molecule has 118 valence electrons. The molecule has 1 aliphatic rings. The summed E-state index contributed by atoms with van der Waals surface area (Å²) in [4.78, 5) is 23.6. The Morgan fingerprint density at radius 3 is 2.65 bits per heavy atom. The molecule has 0 aromatic heterocycles. The van der Waals surface area contributed by atoms with E-state index in [1.54, 1.807) is 12.1 Å². The lowest BCUT2D eigenvalue weighted by molar-refractivity contribution is -0.118. The molecule has 2 N–H and O–H groups in total. The maximum Gasteiger partial charge on any atom is 0.262 e. The van der Waals surface area contributed by atoms with Crippen molar-refractivity contribution >= 4 is 23.2 Å². The molecule has 1 heterocycles. The number of carbonyl (C=O) groups is 2. The van der Waals surface area contributed by atoms with Crippen molar-refractivity contribution in [2.45, 2.75) is 20.3 Å². The van der Waals surface area contributed by atoms with Gasteiger partial charge in [0.2, 0.25) is 5.91 Å². The zero-order chi connectivity index (χ0) is 16.4. The van der Waals surface area contributed by atoms with Gasteiger partial charge in [0.05, 0.1) is 12.1 Å². The highest BCUT2D eigenvalue weighted by molar-refractivity contribution is 5.96. The number of amides is 2. The van der Waals surface area contributed by atoms with Crippen LogP contribution in [0.25, 0.3) is 0 Å². The van der Waals surface area contributed by atoms with E-state index in [1.165, 1.54) is 0 Å². The first-order valence-corrected chi connectivity index (χ1v) is 7.43. The maximum atomic E-state index is 12.2. The van der Waals surface area contributed by atoms with Crippen LogP contribution in [0, 0.1) is 13.8 Å². The molecule has 2 aromatic carbocycles. The quantitative estimate of drug-likeness (QED) is 0.916. The Morgan fingerprint density at radius 2 is 1.91 bits per heavy atom. The molecule has 3 rings (SSSR count). The fourth-order valence-corrected chi connectivity index (χ4v) is 2.68. The normalized spacial score (nSPS) is 12.9. The minimum Gasteiger partial charge on any atom is -0.482 e. The van der Waals surface area contributed by atoms with E-state index in [1.807, 2.05) is 32.0 Å². The highest BCUT2D eigenvalue weighted by atomic mass is 16.5. The van der Waals surface area contributed by atoms with Crippen LogP contribution in [0.2, 0.25) is 0 Å². The van der Waals surface area contributed by atoms with Crippen molar-refractivity contribution in [3.63, 3.8) is 0 Å². The highest BCUT2D eigenvalue weighted by Gasteiger charge is 2.16. The molecule has 0 spiro atoms. The van der Waals surface area contributed by atoms with Crippen molar-refractivity contribution in [3.05, 3.63) is 53.1 Å². The van der Waals surface area contributed by atoms with Crippen LogP contribution < -0.4 is 15.4 Å². The van der Waals surface area contributed by atoms with Gasteiger partial charge in [-0.05, 0) is 54.8 Å². The number of carbonyl (C=O) groups excluding carboxylic acids is 2. The number of benzene rings is 2. The maximum absolute atomic E-state index is 12.2. The van der Waals surface area contributed by atoms with Gasteiger partial charge in [-0.2, -0.15) is 0 Å². The average Bonchev–Trinajstić information content (AvgIpc) is 2.45. The van der Waals surface area contributed by atoms with Crippen molar-refractivity contribution in [1.29, 1.82) is 0 Å². The van der Waals surface area contributed by atoms with Gasteiger partial charge in [0.1, 0.15) is 5.75 Å². The summed E-state index contributed by atoms with van der Waals surface area (Å²) in [7, 11) is 0. The van der Waals surface area contributed by atoms with Gasteiger partial charge in [-0.1, -0.05) is 12.1 Å². The van der Waals surface area contributed by atoms with Crippen molar-refractivity contribution in [2.24, 2.45) is 0 Å². The summed E-state index contributed by atoms with van der Waals surface area (Å²) in [6, 6.07) is 11.3. The molecule has 23 heavy (non-hydrogen) atoms. The first kappa shape index (κ1) is 15.1. The predicted octanol–water partition coefficient (Wildman–Crippen LogP) is 2.82. The van der Waals surface area contributed by atoms with Crippen LogP contribution in [-0.2, 0) is 16.0 Å². The number of hydrogen-bond acceptors (Lipinski definition) is 3. The van der Waals surface area contributed by atoms with Gasteiger partial charge in [0, 0.05) is 5.69 Å². The molecule has 0 saturated carbocycles. The van der Waals surface area contributed by atoms with Crippen LogP contribution in [0.4, 0.5) is 11.4 Å². The van der Waals surface area contributed by atoms with Gasteiger partial charge in [-0.3, -0.25) is 9.59 Å². The molecule has 2 aromatic rings. The molecule has 0 unspecified atom stereocenters. The molecular weight excluding hydrogens is 292 g/mol. The van der Waals surface area contributed by atoms with Crippen LogP contribution in [-0.4, -0.2) is 18.4 Å². The molecule has 0 atom stereocenters. The smallest absolute Gasteiger partial charge is 0.262 e. The second-order valence-electron chi connectivity index (χ2n) is 5.77. The number of hydrogen-bond donors (Lipinski definition) is 2. The second-order valence-corrected chi connectivity index (χ2v) is 5.77. The molecule has 0 radical (unpaired) electrons. The van der Waals surface area contributed by atoms with Gasteiger partial charge in [-0.25, -0.2) is 0 Å². The van der Waals surface area contributed by atoms with E-state index in [-0.39, 0.29) is 24.8 Å². The van der Waals surface area contributed by atoms with Crippen LogP contribution in [0.15, 0.2) is 36.4 Å². The van der Waals surface area contributed by atoms with Crippen LogP contribution in [0.1, 0.15) is 16.7 Å². The van der Waals surface area contributed by atoms with Crippen molar-refractivity contribution in [2.75, 3.05) is 17.2 Å². The molecule has 0 saturated heterocycles. The van der Waals surface area contributed by atoms with Crippen LogP contribution in [0.5, 0.6) is 5.75 Å². The zero-order valence-electron chi connectivity index (χ0n) is 13.1. The largest absolute Gasteiger partial charge is 0.482 e. The van der Waals surface area contributed by atoms with Crippen LogP contribution in [0.3, 0.4) is 0 Å². The zero-order valence-corrected chi connectivity index (χ0v) is 13.1. The van der Waals surface area contributed by atoms with E-state index in [9.17, 15) is 9.59 Å². The fraction of sp³-hybridized carbons (Fsp3) is 0.222. The number of ether oxygens (including phenoxy) is 1. The minimum absolute atomic E-state index is 0.0273. The van der Waals surface area contributed by atoms with E-state index in [0.717, 1.165) is 22.4 Å². The molecule has 5 nitrogen and oxygen atoms in total. The van der Waals surface area contributed by atoms with Gasteiger partial charge in [0.25, 0.3) is 5.91 Å². The lowest BCUT2D eigenvalue weighted by atomic mass is 10.1. The van der Waals surface area contributed by atoms with Gasteiger partial charge in [0.15, 0.2) is 6.61 Å². The summed E-state index contributed by atoms with van der Waals surface area (Å²) < 4.78 is 5.31. The number of aryl methyl sites for hydroxylation is 2. The first-order valence-electron chi connectivity index (χ1n) is 7.43. The standard InChI is InChI=1S/C18H18N2O3/c1-11-5-12(2)7-14(6-11)19-17(21)9-13-3-4-16-15(8-13)20-18(22)10-23-16/h3-8H,9-10H2,1-2H3,(H,19,21)(H,20,22). The van der Waals surface area contributed by atoms with Crippen molar-refractivity contribution < 1.29 is 14.3 Å². The Morgan fingerprint density at radius 1 is 1.17 bits per heavy atom. The number of nitrogens with one attached hydrogen (secondary N) is 2. The summed E-state index contributed by atoms with van der Waals surface area (Å²) in [6.45, 7) is 4.02. The first-order chi connectivity index (χ1) is 11.0. The number of rotatable bonds is 3. The SMILES string of the molecule is Cc1cc(C)cc(NC(=O)Cc2ccc3c(c2)NC(=O)CO3)c1. The Bertz CT molecular complexity index is 764. The van der Waals surface area contributed by atoms with Crippen molar-refractivity contribution in [1.82, 2.24) is 0 Å². The van der Waals surface area contributed by atoms with E-state index in [0.29, 0.717) is 11.4 Å². The highest BCUT2D eigenvalue weighted by Crippen LogP contribution is 2.28. The number of anilines is 2. The van der Waals surface area contributed by atoms with Crippen molar-refractivity contribution in [3.8, 4) is 5.75 Å². The topological polar surface area (TPSA) is 67.4 Å². The van der Waals surface area contributed by atoms with E-state index in [4.69, 9.17) is 4.74 Å². The average molecular weight is 310 g/mol. The van der Waals surface area contributed by atoms with Gasteiger partial charge < -0.3 is 15.4 Å². The molecule has 2 amide bonds. The third kappa shape index (κ3) is 3.69. The predicted molar refractivity (Wildman–Crippen MR) is 88.8 cm³/mol. The lowest BCUT2D eigenvalue weighted by Gasteiger charge is -2.18. The van der Waals surface area contributed by atoms with E-state index < -0.39 is 0 Å². The molecular formula is C18H18N2O3. The fourth-order valence-electron chi connectivity index (χ4n) is 2.68. The number of fused-ring (bicyclic) bond motifs is 1. The second kappa shape index (κ2) is 6.12. The lowest BCUT2D eigenvalue weighted by Crippen LogP contribution is -2.25. The summed E-state index contributed by atoms with van der Waals surface area (Å²) in [5.74, 6) is 0.343. The van der Waals surface area contributed by atoms with Crippen LogP contribution >= 0.6 is 0 Å². The molecule has 5 heteroatoms. The van der Waals surface area contributed by atoms with Gasteiger partial charge >= 0.3 is 0 Å². The Balaban J connectivity index is 1.70. The minimum atomic E-state index is -0.186. The summed E-state index contributed by atoms with van der Waals surface area (Å²) in [5.41, 5.74) is 4.43. The third-order valence-electron chi connectivity index (χ3n) is 3.55. The van der Waals surface area contributed by atoms with E-state index >= 15 is 0 Å². The Hall–Kier alpha value is -2.82. The summed E-state index contributed by atoms with van der Waals surface area (Å²) in [6.07, 6.45) is 0.232. The Labute approximate surface area is 134 Å². The monoisotopic (exact) mass is 310 g/mol. The van der Waals surface area contributed by atoms with E-state index in [2.05, 4.69) is 16.7 Å². The third-order valence-corrected chi connectivity index (χ3v) is 3.55. The molecule has 0 fully saturated rings. The summed E-state index contributed by atoms with van der Waals surface area (Å²) in [5, 5.41) is 5.65. The molecule has 1 aliphatic heterocycles. The molecule has 0 aliphatic carbocycles. The summed E-state index contributed by atoms with van der Waals surface area (Å²) >= 11 is 0.